The molecule has 6 heteroatoms. The van der Waals surface area contributed by atoms with Gasteiger partial charge >= 0.3 is 0 Å². The van der Waals surface area contributed by atoms with Crippen molar-refractivity contribution in [3.63, 3.8) is 0 Å². The highest BCUT2D eigenvalue weighted by molar-refractivity contribution is 5.35. The fourth-order valence-corrected chi connectivity index (χ4v) is 0.941. The summed E-state index contributed by atoms with van der Waals surface area (Å²) in [6.07, 6.45) is 0. The fourth-order valence-electron chi connectivity index (χ4n) is 0.941. The van der Waals surface area contributed by atoms with Crippen molar-refractivity contribution in [2.45, 2.75) is 6.92 Å². The summed E-state index contributed by atoms with van der Waals surface area (Å²) in [5.41, 5.74) is 0. The zero-order chi connectivity index (χ0) is 8.72. The van der Waals surface area contributed by atoms with Gasteiger partial charge in [0.25, 0.3) is 5.78 Å². The SMILES string of the molecule is Cc1nc2nc(O)cc(O)n2n1. The van der Waals surface area contributed by atoms with E-state index in [-0.39, 0.29) is 17.5 Å². The molecule has 0 atom stereocenters. The van der Waals surface area contributed by atoms with Crippen molar-refractivity contribution in [1.82, 2.24) is 19.6 Å². The molecule has 0 aliphatic heterocycles. The molecule has 12 heavy (non-hydrogen) atoms. The van der Waals surface area contributed by atoms with E-state index < -0.39 is 0 Å². The van der Waals surface area contributed by atoms with E-state index in [0.717, 1.165) is 10.6 Å². The van der Waals surface area contributed by atoms with Crippen LogP contribution in [-0.4, -0.2) is 29.8 Å². The molecule has 0 aliphatic carbocycles. The van der Waals surface area contributed by atoms with E-state index in [1.54, 1.807) is 6.92 Å². The van der Waals surface area contributed by atoms with Crippen LogP contribution in [0.1, 0.15) is 5.82 Å². The molecule has 0 bridgehead atoms. The molecule has 0 radical (unpaired) electrons. The van der Waals surface area contributed by atoms with E-state index in [1.165, 1.54) is 0 Å². The third-order valence-electron chi connectivity index (χ3n) is 1.39. The number of rotatable bonds is 0. The minimum Gasteiger partial charge on any atom is -0.493 e. The van der Waals surface area contributed by atoms with Gasteiger partial charge in [-0.25, -0.2) is 0 Å². The lowest BCUT2D eigenvalue weighted by Gasteiger charge is -1.94. The fraction of sp³-hybridized carbons (Fsp3) is 0.167. The Morgan fingerprint density at radius 1 is 1.33 bits per heavy atom. The highest BCUT2D eigenvalue weighted by Crippen LogP contribution is 2.15. The zero-order valence-corrected chi connectivity index (χ0v) is 6.26. The molecule has 0 aliphatic rings. The third kappa shape index (κ3) is 0.849. The lowest BCUT2D eigenvalue weighted by atomic mass is 10.6. The Hall–Kier alpha value is -1.85. The molecule has 6 nitrogen and oxygen atoms in total. The topological polar surface area (TPSA) is 83.5 Å². The van der Waals surface area contributed by atoms with Crippen LogP contribution in [0.4, 0.5) is 0 Å². The molecule has 0 aromatic carbocycles. The van der Waals surface area contributed by atoms with Gasteiger partial charge in [0.2, 0.25) is 11.8 Å². The highest BCUT2D eigenvalue weighted by Gasteiger charge is 2.06. The first kappa shape index (κ1) is 6.84. The van der Waals surface area contributed by atoms with Crippen molar-refractivity contribution in [3.8, 4) is 11.8 Å². The maximum absolute atomic E-state index is 9.23. The molecule has 2 rings (SSSR count). The third-order valence-corrected chi connectivity index (χ3v) is 1.39. The van der Waals surface area contributed by atoms with Crippen molar-refractivity contribution < 1.29 is 10.2 Å². The van der Waals surface area contributed by atoms with Crippen molar-refractivity contribution in [2.75, 3.05) is 0 Å². The molecule has 2 aromatic rings. The van der Waals surface area contributed by atoms with Crippen LogP contribution >= 0.6 is 0 Å². The van der Waals surface area contributed by atoms with E-state index in [0.29, 0.717) is 5.82 Å². The number of hydrogen-bond acceptors (Lipinski definition) is 5. The van der Waals surface area contributed by atoms with Gasteiger partial charge in [0.05, 0.1) is 6.07 Å². The van der Waals surface area contributed by atoms with Crippen LogP contribution in [0.3, 0.4) is 0 Å². The normalized spacial score (nSPS) is 10.8. The van der Waals surface area contributed by atoms with Crippen LogP contribution in [0.5, 0.6) is 11.8 Å². The summed E-state index contributed by atoms with van der Waals surface area (Å²) in [7, 11) is 0. The second-order valence-corrected chi connectivity index (χ2v) is 2.34. The summed E-state index contributed by atoms with van der Waals surface area (Å²) >= 11 is 0. The van der Waals surface area contributed by atoms with Gasteiger partial charge in [0, 0.05) is 0 Å². The van der Waals surface area contributed by atoms with Crippen molar-refractivity contribution >= 4 is 5.78 Å². The molecular formula is C6H6N4O2. The maximum Gasteiger partial charge on any atom is 0.258 e. The standard InChI is InChI=1S/C6H6N4O2/c1-3-7-6-8-4(11)2-5(12)10(6)9-3/h2,12H,1H3,(H,7,8,9,11). The molecule has 0 spiro atoms. The molecule has 2 heterocycles. The van der Waals surface area contributed by atoms with Gasteiger partial charge in [-0.05, 0) is 6.92 Å². The van der Waals surface area contributed by atoms with Crippen LogP contribution in [0, 0.1) is 6.92 Å². The summed E-state index contributed by atoms with van der Waals surface area (Å²) in [6, 6.07) is 1.10. The quantitative estimate of drug-likeness (QED) is 0.568. The van der Waals surface area contributed by atoms with Gasteiger partial charge in [-0.2, -0.15) is 14.5 Å². The summed E-state index contributed by atoms with van der Waals surface area (Å²) < 4.78 is 1.15. The van der Waals surface area contributed by atoms with Crippen LogP contribution < -0.4 is 0 Å². The van der Waals surface area contributed by atoms with E-state index in [2.05, 4.69) is 15.1 Å². The van der Waals surface area contributed by atoms with E-state index in [9.17, 15) is 5.11 Å². The minimum absolute atomic E-state index is 0.182. The second-order valence-electron chi connectivity index (χ2n) is 2.34. The average molecular weight is 166 g/mol. The predicted octanol–water partition coefficient (Wildman–Crippen LogP) is -0.156. The Balaban J connectivity index is 2.88. The van der Waals surface area contributed by atoms with Gasteiger partial charge in [0.15, 0.2) is 0 Å². The zero-order valence-electron chi connectivity index (χ0n) is 6.26. The largest absolute Gasteiger partial charge is 0.493 e. The van der Waals surface area contributed by atoms with Crippen LogP contribution in [0.15, 0.2) is 6.07 Å². The van der Waals surface area contributed by atoms with E-state index in [1.807, 2.05) is 0 Å². The Kier molecular flexibility index (Phi) is 1.18. The number of nitrogens with zero attached hydrogens (tertiary/aromatic N) is 4. The van der Waals surface area contributed by atoms with Crippen LogP contribution in [-0.2, 0) is 0 Å². The molecule has 2 aromatic heterocycles. The Morgan fingerprint density at radius 2 is 2.08 bits per heavy atom. The first-order valence-corrected chi connectivity index (χ1v) is 3.29. The highest BCUT2D eigenvalue weighted by atomic mass is 16.3. The van der Waals surface area contributed by atoms with Crippen molar-refractivity contribution in [1.29, 1.82) is 0 Å². The first-order valence-electron chi connectivity index (χ1n) is 3.29. The lowest BCUT2D eigenvalue weighted by Crippen LogP contribution is -1.90. The number of fused-ring (bicyclic) bond motifs is 1. The molecule has 2 N–H and O–H groups in total. The van der Waals surface area contributed by atoms with Crippen molar-refractivity contribution in [3.05, 3.63) is 11.9 Å². The van der Waals surface area contributed by atoms with E-state index in [4.69, 9.17) is 5.11 Å². The Morgan fingerprint density at radius 3 is 2.83 bits per heavy atom. The number of hydrogen-bond donors (Lipinski definition) is 2. The molecule has 0 amide bonds. The summed E-state index contributed by atoms with van der Waals surface area (Å²) in [5, 5.41) is 22.0. The molecule has 0 unspecified atom stereocenters. The molecule has 0 saturated carbocycles. The van der Waals surface area contributed by atoms with Gasteiger partial charge in [0.1, 0.15) is 5.82 Å². The van der Waals surface area contributed by atoms with Gasteiger partial charge in [-0.15, -0.1) is 5.10 Å². The molecular weight excluding hydrogens is 160 g/mol. The first-order chi connectivity index (χ1) is 5.66. The van der Waals surface area contributed by atoms with E-state index >= 15 is 0 Å². The predicted molar refractivity (Wildman–Crippen MR) is 38.8 cm³/mol. The van der Waals surface area contributed by atoms with Crippen LogP contribution in [0.25, 0.3) is 5.78 Å². The van der Waals surface area contributed by atoms with Gasteiger partial charge in [-0.3, -0.25) is 0 Å². The minimum atomic E-state index is -0.271. The summed E-state index contributed by atoms with van der Waals surface area (Å²) in [6.45, 7) is 1.67. The summed E-state index contributed by atoms with van der Waals surface area (Å²) in [5.74, 6) is 0.221. The number of aromatic nitrogens is 4. The number of aryl methyl sites for hydroxylation is 1. The van der Waals surface area contributed by atoms with Crippen LogP contribution in [0.2, 0.25) is 0 Å². The summed E-state index contributed by atoms with van der Waals surface area (Å²) in [4.78, 5) is 7.50. The van der Waals surface area contributed by atoms with Crippen molar-refractivity contribution in [2.24, 2.45) is 0 Å². The Labute approximate surface area is 67.1 Å². The molecule has 0 saturated heterocycles. The lowest BCUT2D eigenvalue weighted by molar-refractivity contribution is 0.412. The maximum atomic E-state index is 9.23. The van der Waals surface area contributed by atoms with Gasteiger partial charge in [-0.1, -0.05) is 0 Å². The molecule has 0 fully saturated rings. The number of aromatic hydroxyl groups is 2. The Bertz CT molecular complexity index is 436. The second kappa shape index (κ2) is 2.07. The average Bonchev–Trinajstić information content (AvgIpc) is 2.29. The monoisotopic (exact) mass is 166 g/mol. The van der Waals surface area contributed by atoms with Gasteiger partial charge < -0.3 is 10.2 Å². The smallest absolute Gasteiger partial charge is 0.258 e. The molecule has 62 valence electrons.